The van der Waals surface area contributed by atoms with Crippen LogP contribution < -0.4 is 0 Å². The number of carboxylic acid groups (broad SMARTS) is 1. The molecule has 1 N–H and O–H groups in total. The molecule has 2 nitrogen and oxygen atoms in total. The number of carbonyl (C=O) groups is 1. The maximum atomic E-state index is 11.0. The number of carboxylic acids is 1. The highest BCUT2D eigenvalue weighted by atomic mass is 32.2. The van der Waals surface area contributed by atoms with Crippen LogP contribution in [0.5, 0.6) is 0 Å². The van der Waals surface area contributed by atoms with Gasteiger partial charge in [0.2, 0.25) is 0 Å². The van der Waals surface area contributed by atoms with Gasteiger partial charge in [0, 0.05) is 4.90 Å². The summed E-state index contributed by atoms with van der Waals surface area (Å²) in [5, 5.41) is 9.08. The number of hydrogen-bond donors (Lipinski definition) is 1. The monoisotopic (exact) mass is 280 g/mol. The zero-order valence-electron chi connectivity index (χ0n) is 11.7. The summed E-state index contributed by atoms with van der Waals surface area (Å²) in [4.78, 5) is 11.9. The second kappa shape index (κ2) is 9.90. The summed E-state index contributed by atoms with van der Waals surface area (Å²) in [5.41, 5.74) is 0.426. The minimum absolute atomic E-state index is 0.426. The zero-order chi connectivity index (χ0) is 13.9. The van der Waals surface area contributed by atoms with Gasteiger partial charge in [-0.2, -0.15) is 0 Å². The van der Waals surface area contributed by atoms with Crippen molar-refractivity contribution in [2.24, 2.45) is 0 Å². The molecule has 0 fully saturated rings. The van der Waals surface area contributed by atoms with Gasteiger partial charge in [-0.05, 0) is 24.3 Å². The first kappa shape index (κ1) is 16.1. The van der Waals surface area contributed by atoms with Gasteiger partial charge in [0.25, 0.3) is 0 Å². The quantitative estimate of drug-likeness (QED) is 0.471. The Labute approximate surface area is 120 Å². The van der Waals surface area contributed by atoms with Crippen molar-refractivity contribution in [3.05, 3.63) is 29.8 Å². The maximum Gasteiger partial charge on any atom is 0.336 e. The van der Waals surface area contributed by atoms with Gasteiger partial charge in [-0.1, -0.05) is 57.6 Å². The van der Waals surface area contributed by atoms with Crippen molar-refractivity contribution in [2.45, 2.75) is 56.8 Å². The van der Waals surface area contributed by atoms with Crippen LogP contribution in [0.25, 0.3) is 0 Å². The summed E-state index contributed by atoms with van der Waals surface area (Å²) in [5.74, 6) is 0.181. The molecule has 1 aromatic rings. The van der Waals surface area contributed by atoms with Gasteiger partial charge in [0.1, 0.15) is 0 Å². The SMILES string of the molecule is CCCCCCCCCSc1ccccc1C(=O)O. The van der Waals surface area contributed by atoms with Crippen molar-refractivity contribution in [1.29, 1.82) is 0 Å². The molecule has 0 aliphatic rings. The Kier molecular flexibility index (Phi) is 8.39. The molecule has 19 heavy (non-hydrogen) atoms. The van der Waals surface area contributed by atoms with Crippen LogP contribution in [0, 0.1) is 0 Å². The third-order valence-electron chi connectivity index (χ3n) is 3.12. The second-order valence-corrected chi connectivity index (χ2v) is 5.91. The molecule has 0 aromatic heterocycles. The van der Waals surface area contributed by atoms with Gasteiger partial charge in [0.15, 0.2) is 0 Å². The molecule has 106 valence electrons. The number of benzene rings is 1. The largest absolute Gasteiger partial charge is 0.478 e. The summed E-state index contributed by atoms with van der Waals surface area (Å²) < 4.78 is 0. The topological polar surface area (TPSA) is 37.3 Å². The van der Waals surface area contributed by atoms with Crippen LogP contribution >= 0.6 is 11.8 Å². The minimum Gasteiger partial charge on any atom is -0.478 e. The van der Waals surface area contributed by atoms with Gasteiger partial charge in [-0.25, -0.2) is 4.79 Å². The molecule has 0 saturated heterocycles. The third-order valence-corrected chi connectivity index (χ3v) is 4.28. The van der Waals surface area contributed by atoms with Crippen LogP contribution in [0.1, 0.15) is 62.2 Å². The molecule has 0 spiro atoms. The standard InChI is InChI=1S/C16H24O2S/c1-2-3-4-5-6-7-10-13-19-15-12-9-8-11-14(15)16(17)18/h8-9,11-12H,2-7,10,13H2,1H3,(H,17,18). The lowest BCUT2D eigenvalue weighted by Crippen LogP contribution is -1.98. The normalized spacial score (nSPS) is 10.6. The predicted molar refractivity (Wildman–Crippen MR) is 82.1 cm³/mol. The maximum absolute atomic E-state index is 11.0. The number of thioether (sulfide) groups is 1. The van der Waals surface area contributed by atoms with Crippen LogP contribution in [-0.2, 0) is 0 Å². The Hall–Kier alpha value is -0.960. The van der Waals surface area contributed by atoms with E-state index in [0.29, 0.717) is 5.56 Å². The van der Waals surface area contributed by atoms with Crippen molar-refractivity contribution in [2.75, 3.05) is 5.75 Å². The molecule has 0 aliphatic heterocycles. The van der Waals surface area contributed by atoms with E-state index in [4.69, 9.17) is 5.11 Å². The first-order valence-electron chi connectivity index (χ1n) is 7.20. The highest BCUT2D eigenvalue weighted by Crippen LogP contribution is 2.24. The van der Waals surface area contributed by atoms with Gasteiger partial charge in [-0.3, -0.25) is 0 Å². The molecule has 0 bridgehead atoms. The highest BCUT2D eigenvalue weighted by molar-refractivity contribution is 7.99. The van der Waals surface area contributed by atoms with Crippen molar-refractivity contribution in [3.63, 3.8) is 0 Å². The molecule has 0 amide bonds. The molecule has 0 saturated carbocycles. The fourth-order valence-corrected chi connectivity index (χ4v) is 3.06. The first-order valence-corrected chi connectivity index (χ1v) is 8.19. The van der Waals surface area contributed by atoms with Crippen LogP contribution in [-0.4, -0.2) is 16.8 Å². The van der Waals surface area contributed by atoms with Crippen LogP contribution in [0.3, 0.4) is 0 Å². The Morgan fingerprint density at radius 2 is 1.68 bits per heavy atom. The van der Waals surface area contributed by atoms with E-state index in [1.54, 1.807) is 23.9 Å². The first-order chi connectivity index (χ1) is 9.25. The van der Waals surface area contributed by atoms with Crippen molar-refractivity contribution in [3.8, 4) is 0 Å². The molecule has 3 heteroatoms. The summed E-state index contributed by atoms with van der Waals surface area (Å²) >= 11 is 1.66. The lowest BCUT2D eigenvalue weighted by molar-refractivity contribution is 0.0693. The molecule has 1 rings (SSSR count). The van der Waals surface area contributed by atoms with Crippen LogP contribution in [0.15, 0.2) is 29.2 Å². The van der Waals surface area contributed by atoms with Crippen LogP contribution in [0.4, 0.5) is 0 Å². The van der Waals surface area contributed by atoms with Crippen LogP contribution in [0.2, 0.25) is 0 Å². The highest BCUT2D eigenvalue weighted by Gasteiger charge is 2.08. The Morgan fingerprint density at radius 3 is 2.37 bits per heavy atom. The van der Waals surface area contributed by atoms with Gasteiger partial charge in [0.05, 0.1) is 5.56 Å². The summed E-state index contributed by atoms with van der Waals surface area (Å²) in [6, 6.07) is 7.26. The lowest BCUT2D eigenvalue weighted by Gasteiger charge is -2.05. The van der Waals surface area contributed by atoms with E-state index in [0.717, 1.165) is 10.6 Å². The van der Waals surface area contributed by atoms with E-state index >= 15 is 0 Å². The molecule has 0 radical (unpaired) electrons. The van der Waals surface area contributed by atoms with E-state index in [2.05, 4.69) is 6.92 Å². The minimum atomic E-state index is -0.831. The Bertz CT molecular complexity index is 377. The molecular weight excluding hydrogens is 256 g/mol. The number of rotatable bonds is 10. The van der Waals surface area contributed by atoms with Gasteiger partial charge < -0.3 is 5.11 Å². The molecule has 1 aromatic carbocycles. The van der Waals surface area contributed by atoms with E-state index in [1.807, 2.05) is 12.1 Å². The Morgan fingerprint density at radius 1 is 1.05 bits per heavy atom. The predicted octanol–water partition coefficient (Wildman–Crippen LogP) is 5.23. The second-order valence-electron chi connectivity index (χ2n) is 4.77. The van der Waals surface area contributed by atoms with E-state index in [-0.39, 0.29) is 0 Å². The fraction of sp³-hybridized carbons (Fsp3) is 0.562. The summed E-state index contributed by atoms with van der Waals surface area (Å²) in [6.07, 6.45) is 9.07. The molecule has 0 atom stereocenters. The van der Waals surface area contributed by atoms with Gasteiger partial charge in [-0.15, -0.1) is 11.8 Å². The smallest absolute Gasteiger partial charge is 0.336 e. The number of unbranched alkanes of at least 4 members (excludes halogenated alkanes) is 6. The third kappa shape index (κ3) is 6.67. The fourth-order valence-electron chi connectivity index (χ4n) is 2.01. The summed E-state index contributed by atoms with van der Waals surface area (Å²) in [7, 11) is 0. The molecule has 0 aliphatic carbocycles. The number of aromatic carboxylic acids is 1. The number of hydrogen-bond acceptors (Lipinski definition) is 2. The molecule has 0 unspecified atom stereocenters. The van der Waals surface area contributed by atoms with Gasteiger partial charge >= 0.3 is 5.97 Å². The zero-order valence-corrected chi connectivity index (χ0v) is 12.5. The summed E-state index contributed by atoms with van der Waals surface area (Å²) in [6.45, 7) is 2.23. The van der Waals surface area contributed by atoms with E-state index < -0.39 is 5.97 Å². The average molecular weight is 280 g/mol. The molecule has 0 heterocycles. The average Bonchev–Trinajstić information content (AvgIpc) is 2.42. The van der Waals surface area contributed by atoms with Crippen molar-refractivity contribution >= 4 is 17.7 Å². The van der Waals surface area contributed by atoms with Crippen molar-refractivity contribution in [1.82, 2.24) is 0 Å². The Balaban J connectivity index is 2.17. The molecular formula is C16H24O2S. The van der Waals surface area contributed by atoms with Crippen molar-refractivity contribution < 1.29 is 9.90 Å². The lowest BCUT2D eigenvalue weighted by atomic mass is 10.1. The van der Waals surface area contributed by atoms with E-state index in [9.17, 15) is 4.79 Å². The van der Waals surface area contributed by atoms with E-state index in [1.165, 1.54) is 44.9 Å².